The van der Waals surface area contributed by atoms with Gasteiger partial charge in [-0.1, -0.05) is 13.8 Å². The second kappa shape index (κ2) is 4.06. The van der Waals surface area contributed by atoms with E-state index >= 15 is 0 Å². The molecule has 1 aliphatic heterocycles. The lowest BCUT2D eigenvalue weighted by Gasteiger charge is -2.59. The van der Waals surface area contributed by atoms with Crippen molar-refractivity contribution in [3.05, 3.63) is 0 Å². The molecular weight excluding hydrogens is 260 g/mol. The van der Waals surface area contributed by atoms with E-state index in [0.717, 1.165) is 30.1 Å². The van der Waals surface area contributed by atoms with Crippen molar-refractivity contribution < 1.29 is 9.84 Å². The smallest absolute Gasteiger partial charge is 0.0847 e. The number of epoxide rings is 1. The van der Waals surface area contributed by atoms with Crippen LogP contribution < -0.4 is 0 Å². The predicted molar refractivity (Wildman–Crippen MR) is 81.8 cm³/mol. The van der Waals surface area contributed by atoms with Gasteiger partial charge in [0, 0.05) is 0 Å². The van der Waals surface area contributed by atoms with Crippen molar-refractivity contribution in [2.24, 2.45) is 34.5 Å². The molecule has 1 heterocycles. The van der Waals surface area contributed by atoms with Crippen LogP contribution in [0.4, 0.5) is 0 Å². The second-order valence-electron chi connectivity index (χ2n) is 9.45. The van der Waals surface area contributed by atoms with Gasteiger partial charge >= 0.3 is 0 Å². The van der Waals surface area contributed by atoms with Crippen LogP contribution in [0.3, 0.4) is 0 Å². The van der Waals surface area contributed by atoms with Gasteiger partial charge in [0.05, 0.1) is 18.3 Å². The molecule has 0 aromatic carbocycles. The minimum absolute atomic E-state index is 0.0310. The summed E-state index contributed by atoms with van der Waals surface area (Å²) in [6.45, 7) is 4.99. The third kappa shape index (κ3) is 1.62. The van der Waals surface area contributed by atoms with Crippen molar-refractivity contribution in [1.29, 1.82) is 0 Å². The van der Waals surface area contributed by atoms with E-state index in [1.807, 2.05) is 0 Å². The third-order valence-electron chi connectivity index (χ3n) is 8.86. The van der Waals surface area contributed by atoms with Crippen molar-refractivity contribution in [3.63, 3.8) is 0 Å². The molecule has 21 heavy (non-hydrogen) atoms. The zero-order valence-corrected chi connectivity index (χ0v) is 13.6. The van der Waals surface area contributed by atoms with E-state index in [0.29, 0.717) is 17.6 Å². The van der Waals surface area contributed by atoms with Gasteiger partial charge in [0.1, 0.15) is 0 Å². The summed E-state index contributed by atoms with van der Waals surface area (Å²) in [6, 6.07) is 0. The first-order chi connectivity index (χ1) is 10.0. The van der Waals surface area contributed by atoms with E-state index < -0.39 is 0 Å². The Hall–Kier alpha value is -0.0800. The highest BCUT2D eigenvalue weighted by Gasteiger charge is 2.63. The molecule has 2 nitrogen and oxygen atoms in total. The van der Waals surface area contributed by atoms with E-state index in [2.05, 4.69) is 13.8 Å². The zero-order valence-electron chi connectivity index (χ0n) is 13.6. The van der Waals surface area contributed by atoms with Crippen LogP contribution in [-0.2, 0) is 4.74 Å². The van der Waals surface area contributed by atoms with Gasteiger partial charge in [0.15, 0.2) is 0 Å². The maximum absolute atomic E-state index is 10.5. The van der Waals surface area contributed by atoms with Crippen molar-refractivity contribution in [3.8, 4) is 0 Å². The van der Waals surface area contributed by atoms with Gasteiger partial charge in [-0.15, -0.1) is 0 Å². The predicted octanol–water partition coefficient (Wildman–Crippen LogP) is 3.77. The van der Waals surface area contributed by atoms with Crippen LogP contribution in [0.1, 0.15) is 65.2 Å². The monoisotopic (exact) mass is 290 g/mol. The highest BCUT2D eigenvalue weighted by atomic mass is 16.6. The molecule has 0 aromatic heterocycles. The summed E-state index contributed by atoms with van der Waals surface area (Å²) in [5, 5.41) is 10.5. The van der Waals surface area contributed by atoms with Gasteiger partial charge in [-0.3, -0.25) is 0 Å². The Morgan fingerprint density at radius 1 is 0.905 bits per heavy atom. The van der Waals surface area contributed by atoms with E-state index in [1.165, 1.54) is 44.9 Å². The third-order valence-corrected chi connectivity index (χ3v) is 8.86. The first-order valence-corrected chi connectivity index (χ1v) is 9.36. The van der Waals surface area contributed by atoms with Crippen molar-refractivity contribution in [1.82, 2.24) is 0 Å². The van der Waals surface area contributed by atoms with E-state index in [9.17, 15) is 5.11 Å². The average molecular weight is 290 g/mol. The van der Waals surface area contributed by atoms with Gasteiger partial charge < -0.3 is 9.84 Å². The molecule has 4 unspecified atom stereocenters. The van der Waals surface area contributed by atoms with Crippen molar-refractivity contribution >= 4 is 0 Å². The van der Waals surface area contributed by atoms with Gasteiger partial charge in [0.2, 0.25) is 0 Å². The quantitative estimate of drug-likeness (QED) is 0.689. The Morgan fingerprint density at radius 2 is 1.71 bits per heavy atom. The summed E-state index contributed by atoms with van der Waals surface area (Å²) >= 11 is 0. The molecule has 2 heteroatoms. The molecule has 1 N–H and O–H groups in total. The molecule has 0 radical (unpaired) electrons. The Bertz CT molecular complexity index is 462. The van der Waals surface area contributed by atoms with E-state index in [-0.39, 0.29) is 11.5 Å². The standard InChI is InChI=1S/C19H30O2/c1-18-8-7-14-12(13(18)5-6-17(18)20)4-3-11-9-15-16(21-15)10-19(11,14)2/h11-17,20H,3-10H2,1-2H3/t11?,12?,13?,14?,15-,16+,17-,18-,19-/m0/s1. The van der Waals surface area contributed by atoms with Crippen LogP contribution in [0.25, 0.3) is 0 Å². The number of fused-ring (bicyclic) bond motifs is 6. The highest BCUT2D eigenvalue weighted by Crippen LogP contribution is 2.67. The molecule has 9 atom stereocenters. The van der Waals surface area contributed by atoms with Gasteiger partial charge in [-0.2, -0.15) is 0 Å². The molecule has 4 aliphatic carbocycles. The normalized spacial score (nSPS) is 65.0. The summed E-state index contributed by atoms with van der Waals surface area (Å²) in [4.78, 5) is 0. The molecular formula is C19H30O2. The summed E-state index contributed by atoms with van der Waals surface area (Å²) in [5.74, 6) is 3.50. The average Bonchev–Trinajstić information content (AvgIpc) is 3.12. The summed E-state index contributed by atoms with van der Waals surface area (Å²) < 4.78 is 5.90. The first-order valence-electron chi connectivity index (χ1n) is 9.36. The Balaban J connectivity index is 1.47. The van der Waals surface area contributed by atoms with Gasteiger partial charge in [0.25, 0.3) is 0 Å². The molecule has 118 valence electrons. The van der Waals surface area contributed by atoms with Crippen molar-refractivity contribution in [2.45, 2.75) is 83.5 Å². The van der Waals surface area contributed by atoms with Crippen LogP contribution in [0.5, 0.6) is 0 Å². The van der Waals surface area contributed by atoms with Crippen LogP contribution in [-0.4, -0.2) is 23.4 Å². The summed E-state index contributed by atoms with van der Waals surface area (Å²) in [7, 11) is 0. The van der Waals surface area contributed by atoms with Crippen molar-refractivity contribution in [2.75, 3.05) is 0 Å². The fourth-order valence-corrected chi connectivity index (χ4v) is 7.49. The highest BCUT2D eigenvalue weighted by molar-refractivity contribution is 5.12. The molecule has 5 fully saturated rings. The number of aliphatic hydroxyl groups excluding tert-OH is 1. The number of rotatable bonds is 0. The largest absolute Gasteiger partial charge is 0.393 e. The van der Waals surface area contributed by atoms with Crippen LogP contribution >= 0.6 is 0 Å². The van der Waals surface area contributed by atoms with Crippen LogP contribution in [0.2, 0.25) is 0 Å². The fraction of sp³-hybridized carbons (Fsp3) is 1.00. The van der Waals surface area contributed by atoms with Gasteiger partial charge in [-0.25, -0.2) is 0 Å². The lowest BCUT2D eigenvalue weighted by Crippen LogP contribution is -2.54. The topological polar surface area (TPSA) is 32.8 Å². The lowest BCUT2D eigenvalue weighted by molar-refractivity contribution is -0.117. The molecule has 0 amide bonds. The Labute approximate surface area is 128 Å². The first kappa shape index (κ1) is 13.4. The lowest BCUT2D eigenvalue weighted by atomic mass is 9.45. The number of hydrogen-bond donors (Lipinski definition) is 1. The van der Waals surface area contributed by atoms with Crippen LogP contribution in [0.15, 0.2) is 0 Å². The summed E-state index contributed by atoms with van der Waals surface area (Å²) in [5.41, 5.74) is 0.771. The van der Waals surface area contributed by atoms with Crippen LogP contribution in [0, 0.1) is 34.5 Å². The Morgan fingerprint density at radius 3 is 2.57 bits per heavy atom. The fourth-order valence-electron chi connectivity index (χ4n) is 7.49. The molecule has 0 spiro atoms. The molecule has 5 aliphatic rings. The number of aliphatic hydroxyl groups is 1. The molecule has 1 saturated heterocycles. The maximum Gasteiger partial charge on any atom is 0.0847 e. The van der Waals surface area contributed by atoms with E-state index in [4.69, 9.17) is 4.74 Å². The molecule has 0 bridgehead atoms. The molecule has 5 rings (SSSR count). The number of hydrogen-bond acceptors (Lipinski definition) is 2. The minimum Gasteiger partial charge on any atom is -0.393 e. The molecule has 4 saturated carbocycles. The SMILES string of the molecule is C[C@]12C[C@H]3O[C@H]3CC1CCC1C2CC[C@@]2(C)C1CC[C@@H]2O. The molecule has 0 aromatic rings. The summed E-state index contributed by atoms with van der Waals surface area (Å²) in [6.07, 6.45) is 11.7. The Kier molecular flexibility index (Phi) is 2.58. The zero-order chi connectivity index (χ0) is 14.4. The minimum atomic E-state index is -0.0310. The second-order valence-corrected chi connectivity index (χ2v) is 9.45. The maximum atomic E-state index is 10.5. The van der Waals surface area contributed by atoms with E-state index in [1.54, 1.807) is 0 Å². The van der Waals surface area contributed by atoms with Gasteiger partial charge in [-0.05, 0) is 85.9 Å². The number of ether oxygens (including phenoxy) is 1.